The molecule has 5 aromatic rings. The van der Waals surface area contributed by atoms with Crippen LogP contribution in [0.4, 0.5) is 5.82 Å². The van der Waals surface area contributed by atoms with E-state index in [-0.39, 0.29) is 42.9 Å². The highest BCUT2D eigenvalue weighted by atomic mass is 16.5. The number of phenolic OH excluding ortho intramolecular Hbond substituents is 1. The van der Waals surface area contributed by atoms with Crippen LogP contribution < -0.4 is 16.1 Å². The zero-order chi connectivity index (χ0) is 52.2. The summed E-state index contributed by atoms with van der Waals surface area (Å²) in [5.41, 5.74) is 10.4. The normalized spacial score (nSPS) is 17.9. The van der Waals surface area contributed by atoms with Gasteiger partial charge < -0.3 is 44.3 Å². The number of aromatic nitrogens is 3. The number of rotatable bonds is 13. The van der Waals surface area contributed by atoms with E-state index in [0.29, 0.717) is 37.9 Å². The van der Waals surface area contributed by atoms with Gasteiger partial charge in [0, 0.05) is 74.7 Å². The Labute approximate surface area is 423 Å². The Morgan fingerprint density at radius 1 is 1.00 bits per heavy atom. The number of phenols is 1. The summed E-state index contributed by atoms with van der Waals surface area (Å²) in [6.07, 6.45) is 5.98. The van der Waals surface area contributed by atoms with E-state index in [4.69, 9.17) is 4.74 Å². The summed E-state index contributed by atoms with van der Waals surface area (Å²) in [4.78, 5) is 80.0. The average molecular weight is 985 g/mol. The van der Waals surface area contributed by atoms with Crippen molar-refractivity contribution < 1.29 is 33.8 Å². The molecule has 17 heteroatoms. The zero-order valence-electron chi connectivity index (χ0n) is 43.7. The van der Waals surface area contributed by atoms with E-state index in [0.717, 1.165) is 45.4 Å². The van der Waals surface area contributed by atoms with E-state index in [2.05, 4.69) is 102 Å². The van der Waals surface area contributed by atoms with Crippen LogP contribution in [-0.4, -0.2) is 142 Å². The highest BCUT2D eigenvalue weighted by Crippen LogP contribution is 2.41. The van der Waals surface area contributed by atoms with Crippen LogP contribution in [0.5, 0.6) is 5.75 Å². The molecular formula is C55H72N10O7. The Bertz CT molecular complexity index is 2860. The smallest absolute Gasteiger partial charge is 0.324 e. The van der Waals surface area contributed by atoms with Crippen molar-refractivity contribution in [2.75, 3.05) is 60.3 Å². The molecule has 4 amide bonds. The van der Waals surface area contributed by atoms with Gasteiger partial charge in [-0.05, 0) is 112 Å². The molecule has 7 rings (SSSR count). The molecule has 0 aliphatic carbocycles. The monoisotopic (exact) mass is 985 g/mol. The first-order valence-electron chi connectivity index (χ1n) is 24.8. The molecular weight excluding hydrogens is 913 g/mol. The molecule has 0 unspecified atom stereocenters. The van der Waals surface area contributed by atoms with Gasteiger partial charge in [-0.15, -0.1) is 0 Å². The molecule has 0 spiro atoms. The number of esters is 1. The van der Waals surface area contributed by atoms with E-state index in [1.54, 1.807) is 39.1 Å². The van der Waals surface area contributed by atoms with Crippen molar-refractivity contribution in [3.05, 3.63) is 102 Å². The third-order valence-corrected chi connectivity index (χ3v) is 13.4. The third-order valence-electron chi connectivity index (χ3n) is 13.4. The fourth-order valence-electron chi connectivity index (χ4n) is 9.97. The van der Waals surface area contributed by atoms with Gasteiger partial charge in [0.1, 0.15) is 29.7 Å². The minimum absolute atomic E-state index is 0.0103. The van der Waals surface area contributed by atoms with Crippen LogP contribution in [0.3, 0.4) is 0 Å². The van der Waals surface area contributed by atoms with Crippen molar-refractivity contribution >= 4 is 46.3 Å². The van der Waals surface area contributed by atoms with Crippen LogP contribution in [0.25, 0.3) is 33.3 Å². The van der Waals surface area contributed by atoms with Crippen molar-refractivity contribution in [2.45, 2.75) is 91.5 Å². The minimum atomic E-state index is -1.20. The first-order chi connectivity index (χ1) is 34.2. The number of hydrazine groups is 1. The van der Waals surface area contributed by atoms with Gasteiger partial charge in [0.15, 0.2) is 0 Å². The lowest BCUT2D eigenvalue weighted by atomic mass is 9.84. The Hall–Kier alpha value is -6.82. The SMILES string of the molecule is CCn1c(-c2ccccc2CN(C)C)c2c3cc(ccc31)-c1cc(O)cc(c1)C[C@H](NC(=O)[C@H](C(C)C)N(C)C(=O)c1ncc(NC(=O)/C=C/CN(C)C)n1C)C(=O)N1CCC[C@H](N1)C(=O)OCC(C)(C)C2. The van der Waals surface area contributed by atoms with Crippen molar-refractivity contribution in [1.29, 1.82) is 0 Å². The standard InChI is InChI=1S/C55H72N10O7/c1-12-64-45-22-21-36-29-41(45)42(49(64)40-18-14-13-17-37(40)32-61(8)9)30-55(4,5)33-72-54(71)43-19-15-24-65(59-43)52(69)44(27-35-25-38(36)28-39(66)26-35)57-51(68)48(34(2)3)63(11)53(70)50-56-31-46(62(50)10)58-47(67)20-16-23-60(6)7/h13-14,16-18,20-22,25-26,28-29,31,34,43-44,48,59,66H,12,15,19,23-24,27,30,32-33H2,1-11H3,(H,57,68)(H,58,67)/b20-16+/t43-,44-,48-/m0/s1. The Morgan fingerprint density at radius 2 is 1.75 bits per heavy atom. The molecule has 6 bridgehead atoms. The summed E-state index contributed by atoms with van der Waals surface area (Å²) in [6, 6.07) is 16.9. The fraction of sp³-hybridized carbons (Fsp3) is 0.455. The van der Waals surface area contributed by atoms with Gasteiger partial charge in [-0.25, -0.2) is 10.4 Å². The number of cyclic esters (lactones) is 1. The number of anilines is 1. The van der Waals surface area contributed by atoms with Gasteiger partial charge in [0.25, 0.3) is 11.8 Å². The summed E-state index contributed by atoms with van der Waals surface area (Å²) in [5, 5.41) is 19.5. The maximum absolute atomic E-state index is 14.8. The Morgan fingerprint density at radius 3 is 2.46 bits per heavy atom. The van der Waals surface area contributed by atoms with Crippen LogP contribution in [0, 0.1) is 11.3 Å². The topological polar surface area (TPSA) is 187 Å². The second kappa shape index (κ2) is 22.3. The lowest BCUT2D eigenvalue weighted by Crippen LogP contribution is -2.62. The van der Waals surface area contributed by atoms with Crippen LogP contribution in [0.2, 0.25) is 0 Å². The summed E-state index contributed by atoms with van der Waals surface area (Å²) in [6.45, 7) is 12.3. The summed E-state index contributed by atoms with van der Waals surface area (Å²) in [5.74, 6) is -2.70. The molecule has 4 N–H and O–H groups in total. The number of fused-ring (bicyclic) bond motifs is 6. The second-order valence-corrected chi connectivity index (χ2v) is 20.9. The number of likely N-dealkylation sites (N-methyl/N-ethyl adjacent to an activating group) is 2. The average Bonchev–Trinajstić information content (AvgIpc) is 3.83. The number of aryl methyl sites for hydroxylation is 1. The van der Waals surface area contributed by atoms with Crippen molar-refractivity contribution in [1.82, 2.24) is 44.6 Å². The molecule has 0 saturated carbocycles. The van der Waals surface area contributed by atoms with Gasteiger partial charge in [-0.3, -0.25) is 29.0 Å². The predicted molar refractivity (Wildman–Crippen MR) is 280 cm³/mol. The summed E-state index contributed by atoms with van der Waals surface area (Å²) >= 11 is 0. The van der Waals surface area contributed by atoms with Gasteiger partial charge >= 0.3 is 5.97 Å². The number of hydrogen-bond donors (Lipinski definition) is 4. The first kappa shape index (κ1) is 53.0. The molecule has 1 fully saturated rings. The number of benzene rings is 3. The van der Waals surface area contributed by atoms with E-state index in [1.807, 2.05) is 31.1 Å². The quantitative estimate of drug-likeness (QED) is 0.0802. The van der Waals surface area contributed by atoms with Crippen molar-refractivity contribution in [3.63, 3.8) is 0 Å². The molecule has 0 radical (unpaired) electrons. The van der Waals surface area contributed by atoms with Crippen molar-refractivity contribution in [2.24, 2.45) is 18.4 Å². The van der Waals surface area contributed by atoms with Crippen LogP contribution in [0.1, 0.15) is 74.8 Å². The van der Waals surface area contributed by atoms with E-state index in [9.17, 15) is 29.1 Å². The van der Waals surface area contributed by atoms with Gasteiger partial charge in [0.2, 0.25) is 17.6 Å². The maximum Gasteiger partial charge on any atom is 0.324 e. The number of nitrogens with zero attached hydrogens (tertiary/aromatic N) is 7. The largest absolute Gasteiger partial charge is 0.508 e. The summed E-state index contributed by atoms with van der Waals surface area (Å²) in [7, 11) is 11.0. The maximum atomic E-state index is 14.8. The van der Waals surface area contributed by atoms with Gasteiger partial charge in [0.05, 0.1) is 18.5 Å². The summed E-state index contributed by atoms with van der Waals surface area (Å²) < 4.78 is 9.95. The molecule has 72 heavy (non-hydrogen) atoms. The number of imidazole rings is 1. The number of carbonyl (C=O) groups is 5. The van der Waals surface area contributed by atoms with Crippen LogP contribution in [0.15, 0.2) is 79.0 Å². The molecule has 17 nitrogen and oxygen atoms in total. The molecule has 2 aliphatic heterocycles. The molecule has 2 aromatic heterocycles. The predicted octanol–water partition coefficient (Wildman–Crippen LogP) is 6.00. The van der Waals surface area contributed by atoms with Crippen molar-refractivity contribution in [3.8, 4) is 28.1 Å². The lowest BCUT2D eigenvalue weighted by molar-refractivity contribution is -0.155. The number of aromatic hydroxyl groups is 1. The van der Waals surface area contributed by atoms with Gasteiger partial charge in [-0.2, -0.15) is 0 Å². The van der Waals surface area contributed by atoms with E-state index in [1.165, 1.54) is 39.4 Å². The molecule has 3 atom stereocenters. The lowest BCUT2D eigenvalue weighted by Gasteiger charge is -2.36. The van der Waals surface area contributed by atoms with Crippen LogP contribution >= 0.6 is 0 Å². The number of ether oxygens (including phenoxy) is 1. The second-order valence-electron chi connectivity index (χ2n) is 20.9. The molecule has 3 aromatic carbocycles. The minimum Gasteiger partial charge on any atom is -0.508 e. The zero-order valence-corrected chi connectivity index (χ0v) is 43.7. The molecule has 1 saturated heterocycles. The fourth-order valence-corrected chi connectivity index (χ4v) is 9.97. The molecule has 384 valence electrons. The van der Waals surface area contributed by atoms with E-state index < -0.39 is 53.1 Å². The highest BCUT2D eigenvalue weighted by molar-refractivity contribution is 6.01. The first-order valence-corrected chi connectivity index (χ1v) is 24.8. The van der Waals surface area contributed by atoms with E-state index >= 15 is 0 Å². The van der Waals surface area contributed by atoms with Crippen LogP contribution in [-0.2, 0) is 56.9 Å². The number of hydrogen-bond acceptors (Lipinski definition) is 11. The molecule has 2 aliphatic rings. The van der Waals surface area contributed by atoms with Gasteiger partial charge in [-0.1, -0.05) is 70.2 Å². The highest BCUT2D eigenvalue weighted by Gasteiger charge is 2.38. The number of nitrogens with one attached hydrogen (secondary N) is 3. The number of amides is 4. The Kier molecular flexibility index (Phi) is 16.4. The number of carbonyl (C=O) groups excluding carboxylic acids is 5. The third kappa shape index (κ3) is 11.9. The Balaban J connectivity index is 1.27. The molecule has 4 heterocycles.